The van der Waals surface area contributed by atoms with Crippen LogP contribution in [0, 0.1) is 0 Å². The summed E-state index contributed by atoms with van der Waals surface area (Å²) in [6, 6.07) is 17.3. The first-order chi connectivity index (χ1) is 19.7. The van der Waals surface area contributed by atoms with Gasteiger partial charge in [0.15, 0.2) is 0 Å². The van der Waals surface area contributed by atoms with Crippen LogP contribution in [0.1, 0.15) is 62.5 Å². The van der Waals surface area contributed by atoms with Gasteiger partial charge in [-0.3, -0.25) is 0 Å². The molecule has 6 nitrogen and oxygen atoms in total. The molecule has 4 N–H and O–H groups in total. The average molecular weight is 697 g/mol. The molecule has 0 bridgehead atoms. The van der Waals surface area contributed by atoms with Gasteiger partial charge in [-0.25, -0.2) is 0 Å². The standard InChI is InChI=1S/C34H56N4O2.4ClH/c1-39-33-17-11-9-15-31(33)29-37(25-19-35-20-26-37)23-13-7-5-3-4-6-8-14-24-38(27-21-36-22-28-38)30-32-16-10-12-18-34(32)40-2;;;;/h9-12,15-18,35-36H,3-8,13-14,19-30H2,1-2H3;4*1H/q+2;;;;/p-2. The number of benzene rings is 2. The summed E-state index contributed by atoms with van der Waals surface area (Å²) in [6.07, 6.45) is 11.1. The van der Waals surface area contributed by atoms with Crippen molar-refractivity contribution in [3.05, 3.63) is 59.7 Å². The lowest BCUT2D eigenvalue weighted by Crippen LogP contribution is -3.00. The Morgan fingerprint density at radius 3 is 1.16 bits per heavy atom. The van der Waals surface area contributed by atoms with Crippen molar-refractivity contribution >= 4 is 0 Å². The topological polar surface area (TPSA) is 51.7 Å². The van der Waals surface area contributed by atoms with Crippen LogP contribution in [0.4, 0.5) is 0 Å². The molecular formula is C34H58Cl4N4O2. The van der Waals surface area contributed by atoms with E-state index in [0.29, 0.717) is 0 Å². The van der Waals surface area contributed by atoms with E-state index < -0.39 is 0 Å². The second-order valence-electron chi connectivity index (χ2n) is 12.5. The van der Waals surface area contributed by atoms with Crippen LogP contribution < -0.4 is 69.7 Å². The summed E-state index contributed by atoms with van der Waals surface area (Å²) >= 11 is 0. The number of unbranched alkanes of at least 4 members (excludes halogenated alkanes) is 7. The number of rotatable bonds is 17. The van der Waals surface area contributed by atoms with Gasteiger partial charge in [0.25, 0.3) is 0 Å². The molecule has 2 aliphatic rings. The molecule has 0 aliphatic carbocycles. The second-order valence-corrected chi connectivity index (χ2v) is 12.5. The summed E-state index contributed by atoms with van der Waals surface area (Å²) in [5, 5.41) is 4.98. The molecule has 0 amide bonds. The van der Waals surface area contributed by atoms with Gasteiger partial charge >= 0.3 is 0 Å². The van der Waals surface area contributed by atoms with Gasteiger partial charge in [0.2, 0.25) is 0 Å². The SMILES string of the molecule is COc1ccccc1C[N+]1(CCCCCCCCCC[N+]2(Cc3ccccc3OC)CC[NH2+]CC2)CC[NH2+]CC1.[Cl-].[Cl-].[Cl-].[Cl-]. The van der Waals surface area contributed by atoms with Crippen LogP contribution in [0.2, 0.25) is 0 Å². The lowest BCUT2D eigenvalue weighted by atomic mass is 10.0. The van der Waals surface area contributed by atoms with Gasteiger partial charge < -0.3 is 78.7 Å². The summed E-state index contributed by atoms with van der Waals surface area (Å²) in [5.74, 6) is 2.11. The highest BCUT2D eigenvalue weighted by atomic mass is 35.5. The zero-order chi connectivity index (χ0) is 27.9. The van der Waals surface area contributed by atoms with Gasteiger partial charge in [0, 0.05) is 11.1 Å². The number of piperazine rings is 2. The lowest BCUT2D eigenvalue weighted by molar-refractivity contribution is -0.978. The van der Waals surface area contributed by atoms with Crippen LogP contribution >= 0.6 is 0 Å². The molecule has 2 aromatic carbocycles. The van der Waals surface area contributed by atoms with Crippen molar-refractivity contribution in [3.8, 4) is 11.5 Å². The minimum atomic E-state index is 0. The van der Waals surface area contributed by atoms with Crippen molar-refractivity contribution in [2.45, 2.75) is 64.5 Å². The number of nitrogens with two attached hydrogens (primary N) is 2. The summed E-state index contributed by atoms with van der Waals surface area (Å²) in [4.78, 5) is 0. The third-order valence-electron chi connectivity index (χ3n) is 9.64. The van der Waals surface area contributed by atoms with E-state index in [1.54, 1.807) is 14.2 Å². The summed E-state index contributed by atoms with van der Waals surface area (Å²) in [6.45, 7) is 15.0. The van der Waals surface area contributed by atoms with Crippen molar-refractivity contribution in [1.29, 1.82) is 0 Å². The summed E-state index contributed by atoms with van der Waals surface area (Å²) in [7, 11) is 3.61. The molecule has 2 aromatic rings. The van der Waals surface area contributed by atoms with E-state index >= 15 is 0 Å². The number of halogens is 4. The average Bonchev–Trinajstić information content (AvgIpc) is 2.99. The number of ether oxygens (including phenoxy) is 2. The van der Waals surface area contributed by atoms with Gasteiger partial charge in [-0.15, -0.1) is 0 Å². The molecule has 4 rings (SSSR count). The minimum absolute atomic E-state index is 0. The second kappa shape index (κ2) is 23.4. The highest BCUT2D eigenvalue weighted by molar-refractivity contribution is 5.33. The Morgan fingerprint density at radius 1 is 0.500 bits per heavy atom. The Morgan fingerprint density at radius 2 is 0.818 bits per heavy atom. The fraction of sp³-hybridized carbons (Fsp3) is 0.647. The first-order valence-corrected chi connectivity index (χ1v) is 16.2. The van der Waals surface area contributed by atoms with Crippen LogP contribution in [0.25, 0.3) is 0 Å². The smallest absolute Gasteiger partial charge is 0.129 e. The molecule has 44 heavy (non-hydrogen) atoms. The molecule has 0 aromatic heterocycles. The molecule has 2 aliphatic heterocycles. The van der Waals surface area contributed by atoms with Gasteiger partial charge in [-0.1, -0.05) is 49.9 Å². The predicted molar refractivity (Wildman–Crippen MR) is 163 cm³/mol. The van der Waals surface area contributed by atoms with E-state index in [9.17, 15) is 0 Å². The molecule has 254 valence electrons. The Kier molecular flexibility index (Phi) is 22.9. The fourth-order valence-corrected chi connectivity index (χ4v) is 7.24. The number of hydrogen-bond donors (Lipinski definition) is 2. The first-order valence-electron chi connectivity index (χ1n) is 16.2. The van der Waals surface area contributed by atoms with E-state index in [0.717, 1.165) is 24.6 Å². The third-order valence-corrected chi connectivity index (χ3v) is 9.64. The van der Waals surface area contributed by atoms with E-state index in [2.05, 4.69) is 59.2 Å². The molecule has 0 unspecified atom stereocenters. The molecule has 0 atom stereocenters. The molecule has 2 fully saturated rings. The highest BCUT2D eigenvalue weighted by Gasteiger charge is 2.33. The van der Waals surface area contributed by atoms with E-state index in [-0.39, 0.29) is 49.6 Å². The number of quaternary nitrogens is 4. The van der Waals surface area contributed by atoms with E-state index in [1.807, 2.05) is 0 Å². The summed E-state index contributed by atoms with van der Waals surface area (Å²) < 4.78 is 13.8. The maximum atomic E-state index is 5.68. The molecule has 2 saturated heterocycles. The van der Waals surface area contributed by atoms with Crippen molar-refractivity contribution in [3.63, 3.8) is 0 Å². The highest BCUT2D eigenvalue weighted by Crippen LogP contribution is 2.26. The van der Waals surface area contributed by atoms with Crippen LogP contribution in [0.15, 0.2) is 48.5 Å². The molecule has 0 spiro atoms. The van der Waals surface area contributed by atoms with E-state index in [1.165, 1.54) is 137 Å². The Bertz CT molecular complexity index is 925. The maximum Gasteiger partial charge on any atom is 0.129 e. The largest absolute Gasteiger partial charge is 1.00 e. The maximum absolute atomic E-state index is 5.68. The van der Waals surface area contributed by atoms with Crippen LogP contribution in [0.3, 0.4) is 0 Å². The molecule has 0 radical (unpaired) electrons. The van der Waals surface area contributed by atoms with Crippen molar-refractivity contribution in [2.75, 3.05) is 79.7 Å². The number of para-hydroxylation sites is 2. The van der Waals surface area contributed by atoms with Gasteiger partial charge in [0.05, 0.1) is 27.3 Å². The number of nitrogens with zero attached hydrogens (tertiary/aromatic N) is 2. The normalized spacial score (nSPS) is 16.7. The monoisotopic (exact) mass is 694 g/mol. The minimum Gasteiger partial charge on any atom is -1.00 e. The summed E-state index contributed by atoms with van der Waals surface area (Å²) in [5.41, 5.74) is 2.75. The third kappa shape index (κ3) is 13.4. The quantitative estimate of drug-likeness (QED) is 0.128. The lowest BCUT2D eigenvalue weighted by Gasteiger charge is -2.40. The fourth-order valence-electron chi connectivity index (χ4n) is 7.24. The number of hydrogen-bond acceptors (Lipinski definition) is 2. The van der Waals surface area contributed by atoms with Crippen LogP contribution in [-0.2, 0) is 13.1 Å². The van der Waals surface area contributed by atoms with E-state index in [4.69, 9.17) is 9.47 Å². The van der Waals surface area contributed by atoms with Crippen molar-refractivity contribution < 1.29 is 78.7 Å². The molecule has 2 heterocycles. The molecule has 10 heteroatoms. The number of methoxy groups -OCH3 is 2. The Labute approximate surface area is 292 Å². The zero-order valence-corrected chi connectivity index (χ0v) is 30.2. The van der Waals surface area contributed by atoms with Gasteiger partial charge in [0.1, 0.15) is 76.9 Å². The van der Waals surface area contributed by atoms with Crippen molar-refractivity contribution in [2.24, 2.45) is 0 Å². The van der Waals surface area contributed by atoms with Crippen LogP contribution in [-0.4, -0.2) is 88.6 Å². The molecule has 0 saturated carbocycles. The Balaban J connectivity index is 0.00000462. The first kappa shape index (κ1) is 43.0. The van der Waals surface area contributed by atoms with Gasteiger partial charge in [-0.05, 0) is 49.9 Å². The van der Waals surface area contributed by atoms with Crippen molar-refractivity contribution in [1.82, 2.24) is 0 Å². The predicted octanol–water partition coefficient (Wildman–Crippen LogP) is -8.67. The van der Waals surface area contributed by atoms with Crippen LogP contribution in [0.5, 0.6) is 11.5 Å². The van der Waals surface area contributed by atoms with Gasteiger partial charge in [-0.2, -0.15) is 0 Å². The molecular weight excluding hydrogens is 638 g/mol. The Hall–Kier alpha value is -0.960. The zero-order valence-electron chi connectivity index (χ0n) is 27.1.